The number of hydrogen-bond acceptors (Lipinski definition) is 4. The maximum Gasteiger partial charge on any atom is 0.416 e. The molecule has 0 unspecified atom stereocenters. The van der Waals surface area contributed by atoms with Crippen LogP contribution in [0.15, 0.2) is 65.6 Å². The fourth-order valence-corrected chi connectivity index (χ4v) is 4.70. The lowest BCUT2D eigenvalue weighted by Gasteiger charge is -2.13. The number of sulfonamides is 1. The second-order valence-electron chi connectivity index (χ2n) is 6.41. The third-order valence-electron chi connectivity index (χ3n) is 4.07. The normalized spacial score (nSPS) is 12.0. The number of benzene rings is 3. The third kappa shape index (κ3) is 5.82. The van der Waals surface area contributed by atoms with Gasteiger partial charge in [0, 0.05) is 11.6 Å². The lowest BCUT2D eigenvalue weighted by atomic mass is 10.2. The maximum absolute atomic E-state index is 12.9. The van der Waals surface area contributed by atoms with Crippen LogP contribution in [0, 0.1) is 0 Å². The Morgan fingerprint density at radius 1 is 0.968 bits per heavy atom. The minimum absolute atomic E-state index is 0.00623. The average molecular weight is 491 g/mol. The van der Waals surface area contributed by atoms with Gasteiger partial charge in [-0.2, -0.15) is 13.2 Å². The highest BCUT2D eigenvalue weighted by atomic mass is 35.5. The number of alkyl halides is 3. The van der Waals surface area contributed by atoms with Crippen LogP contribution in [0.3, 0.4) is 0 Å². The molecule has 0 aromatic heterocycles. The van der Waals surface area contributed by atoms with Crippen molar-refractivity contribution in [1.82, 2.24) is 4.72 Å². The fourth-order valence-electron chi connectivity index (χ4n) is 2.71. The lowest BCUT2D eigenvalue weighted by Crippen LogP contribution is -2.24. The summed E-state index contributed by atoms with van der Waals surface area (Å²) in [4.78, 5) is -0.296. The molecule has 0 aliphatic rings. The summed E-state index contributed by atoms with van der Waals surface area (Å²) in [6.07, 6.45) is -4.50. The van der Waals surface area contributed by atoms with Crippen LogP contribution < -0.4 is 15.2 Å². The van der Waals surface area contributed by atoms with Gasteiger partial charge in [-0.15, -0.1) is 0 Å². The Hall–Kier alpha value is -2.46. The lowest BCUT2D eigenvalue weighted by molar-refractivity contribution is -0.137. The predicted octanol–water partition coefficient (Wildman–Crippen LogP) is 5.87. The number of rotatable bonds is 6. The molecule has 0 heterocycles. The molecule has 0 aliphatic heterocycles. The van der Waals surface area contributed by atoms with Gasteiger partial charge in [0.15, 0.2) is 0 Å². The van der Waals surface area contributed by atoms with Gasteiger partial charge in [-0.1, -0.05) is 41.4 Å². The van der Waals surface area contributed by atoms with E-state index in [9.17, 15) is 21.6 Å². The highest BCUT2D eigenvalue weighted by Gasteiger charge is 2.30. The molecule has 0 bridgehead atoms. The van der Waals surface area contributed by atoms with E-state index in [1.165, 1.54) is 36.4 Å². The zero-order valence-electron chi connectivity index (χ0n) is 15.6. The van der Waals surface area contributed by atoms with E-state index in [1.54, 1.807) is 12.1 Å². The molecule has 3 aromatic carbocycles. The Labute approximate surface area is 186 Å². The molecule has 0 spiro atoms. The second-order valence-corrected chi connectivity index (χ2v) is 8.95. The van der Waals surface area contributed by atoms with Crippen LogP contribution in [-0.4, -0.2) is 8.42 Å². The van der Waals surface area contributed by atoms with E-state index in [0.29, 0.717) is 5.56 Å². The van der Waals surface area contributed by atoms with Gasteiger partial charge in [0.2, 0.25) is 10.0 Å². The van der Waals surface area contributed by atoms with Crippen molar-refractivity contribution >= 4 is 38.9 Å². The number of anilines is 1. The molecule has 3 rings (SSSR count). The Morgan fingerprint density at radius 2 is 1.61 bits per heavy atom. The van der Waals surface area contributed by atoms with Gasteiger partial charge in [0.1, 0.15) is 16.4 Å². The summed E-state index contributed by atoms with van der Waals surface area (Å²) in [5, 5.41) is 0.0695. The van der Waals surface area contributed by atoms with E-state index in [2.05, 4.69) is 4.72 Å². The van der Waals surface area contributed by atoms with Crippen molar-refractivity contribution < 1.29 is 26.3 Å². The number of nitrogen functional groups attached to an aromatic ring is 1. The molecule has 11 heteroatoms. The summed E-state index contributed by atoms with van der Waals surface area (Å²) in [5.74, 6) is 0.230. The van der Waals surface area contributed by atoms with Gasteiger partial charge in [-0.25, -0.2) is 13.1 Å². The number of ether oxygens (including phenoxy) is 1. The van der Waals surface area contributed by atoms with Crippen LogP contribution in [0.2, 0.25) is 10.0 Å². The van der Waals surface area contributed by atoms with Crippen molar-refractivity contribution in [2.75, 3.05) is 5.73 Å². The Bertz CT molecular complexity index is 1200. The van der Waals surface area contributed by atoms with Crippen molar-refractivity contribution in [3.63, 3.8) is 0 Å². The molecule has 164 valence electrons. The average Bonchev–Trinajstić information content (AvgIpc) is 2.65. The Morgan fingerprint density at radius 3 is 2.26 bits per heavy atom. The summed E-state index contributed by atoms with van der Waals surface area (Å²) in [5.41, 5.74) is 5.29. The van der Waals surface area contributed by atoms with Crippen LogP contribution in [0.4, 0.5) is 18.9 Å². The van der Waals surface area contributed by atoms with Gasteiger partial charge >= 0.3 is 6.18 Å². The number of nitrogens with two attached hydrogens (primary N) is 1. The summed E-state index contributed by atoms with van der Waals surface area (Å²) in [7, 11) is -4.06. The first kappa shape index (κ1) is 23.2. The van der Waals surface area contributed by atoms with E-state index < -0.39 is 21.8 Å². The van der Waals surface area contributed by atoms with Gasteiger partial charge in [-0.05, 0) is 48.0 Å². The van der Waals surface area contributed by atoms with Gasteiger partial charge in [-0.3, -0.25) is 0 Å². The minimum Gasteiger partial charge on any atom is -0.457 e. The molecular weight excluding hydrogens is 476 g/mol. The van der Waals surface area contributed by atoms with Crippen LogP contribution in [0.5, 0.6) is 11.5 Å². The summed E-state index contributed by atoms with van der Waals surface area (Å²) < 4.78 is 71.6. The zero-order valence-corrected chi connectivity index (χ0v) is 17.9. The number of nitrogens with one attached hydrogen (secondary N) is 1. The molecule has 0 fully saturated rings. The summed E-state index contributed by atoms with van der Waals surface area (Å²) in [6, 6.07) is 13.2. The highest BCUT2D eigenvalue weighted by molar-refractivity contribution is 7.89. The fraction of sp³-hybridized carbons (Fsp3) is 0.100. The van der Waals surface area contributed by atoms with E-state index in [-0.39, 0.29) is 38.7 Å². The van der Waals surface area contributed by atoms with Crippen molar-refractivity contribution in [2.24, 2.45) is 0 Å². The van der Waals surface area contributed by atoms with Gasteiger partial charge in [0.05, 0.1) is 16.3 Å². The molecule has 31 heavy (non-hydrogen) atoms. The summed E-state index contributed by atoms with van der Waals surface area (Å²) in [6.45, 7) is -0.138. The van der Waals surface area contributed by atoms with Crippen molar-refractivity contribution in [2.45, 2.75) is 17.6 Å². The molecule has 5 nitrogen and oxygen atoms in total. The summed E-state index contributed by atoms with van der Waals surface area (Å²) >= 11 is 11.8. The molecule has 0 saturated heterocycles. The molecule has 3 aromatic rings. The SMILES string of the molecule is Nc1cc(Cl)cc(Cl)c1S(=O)(=O)NCc1cccc(Oc2cccc(C(F)(F)F)c2)c1. The van der Waals surface area contributed by atoms with Gasteiger partial charge < -0.3 is 10.5 Å². The topological polar surface area (TPSA) is 81.4 Å². The molecule has 0 aliphatic carbocycles. The quantitative estimate of drug-likeness (QED) is 0.423. The predicted molar refractivity (Wildman–Crippen MR) is 113 cm³/mol. The van der Waals surface area contributed by atoms with Crippen LogP contribution in [0.25, 0.3) is 0 Å². The van der Waals surface area contributed by atoms with E-state index in [1.807, 2.05) is 0 Å². The maximum atomic E-state index is 12.9. The number of halogens is 5. The van der Waals surface area contributed by atoms with E-state index in [4.69, 9.17) is 33.7 Å². The van der Waals surface area contributed by atoms with Crippen LogP contribution in [-0.2, 0) is 22.7 Å². The largest absolute Gasteiger partial charge is 0.457 e. The smallest absolute Gasteiger partial charge is 0.416 e. The Balaban J connectivity index is 1.76. The molecule has 0 amide bonds. The molecule has 3 N–H and O–H groups in total. The van der Waals surface area contributed by atoms with Crippen molar-refractivity contribution in [3.05, 3.63) is 81.8 Å². The zero-order chi connectivity index (χ0) is 22.8. The minimum atomic E-state index is -4.50. The monoisotopic (exact) mass is 490 g/mol. The second kappa shape index (κ2) is 8.96. The first-order valence-corrected chi connectivity index (χ1v) is 10.9. The van der Waals surface area contributed by atoms with E-state index in [0.717, 1.165) is 12.1 Å². The van der Waals surface area contributed by atoms with Crippen LogP contribution >= 0.6 is 23.2 Å². The first-order valence-electron chi connectivity index (χ1n) is 8.64. The van der Waals surface area contributed by atoms with Crippen molar-refractivity contribution in [3.8, 4) is 11.5 Å². The first-order chi connectivity index (χ1) is 14.5. The Kier molecular flexibility index (Phi) is 6.70. The molecule has 0 radical (unpaired) electrons. The highest BCUT2D eigenvalue weighted by Crippen LogP contribution is 2.33. The number of hydrogen-bond donors (Lipinski definition) is 2. The molecular formula is C20H15Cl2F3N2O3S. The van der Waals surface area contributed by atoms with Crippen LogP contribution in [0.1, 0.15) is 11.1 Å². The molecule has 0 atom stereocenters. The van der Waals surface area contributed by atoms with Crippen molar-refractivity contribution in [1.29, 1.82) is 0 Å². The standard InChI is InChI=1S/C20H15Cl2F3N2O3S/c21-14-9-17(22)19(18(26)10-14)31(28,29)27-11-12-3-1-5-15(7-12)30-16-6-2-4-13(8-16)20(23,24)25/h1-10,27H,11,26H2. The van der Waals surface area contributed by atoms with E-state index >= 15 is 0 Å². The third-order valence-corrected chi connectivity index (χ3v) is 6.21. The van der Waals surface area contributed by atoms with Gasteiger partial charge in [0.25, 0.3) is 0 Å². The molecule has 0 saturated carbocycles.